The fourth-order valence-corrected chi connectivity index (χ4v) is 8.53. The van der Waals surface area contributed by atoms with Gasteiger partial charge in [-0.05, 0) is 79.4 Å². The van der Waals surface area contributed by atoms with Crippen LogP contribution in [0.3, 0.4) is 0 Å². The second-order valence-electron chi connectivity index (χ2n) is 15.2. The van der Waals surface area contributed by atoms with Crippen LogP contribution in [0, 0.1) is 0 Å². The van der Waals surface area contributed by atoms with Crippen LogP contribution in [0.4, 0.5) is 0 Å². The molecule has 10 rings (SSSR count). The van der Waals surface area contributed by atoms with Gasteiger partial charge in [0.15, 0.2) is 0 Å². The van der Waals surface area contributed by atoms with E-state index in [1.54, 1.807) is 0 Å². The van der Waals surface area contributed by atoms with Crippen molar-refractivity contribution in [3.8, 4) is 11.1 Å². The lowest BCUT2D eigenvalue weighted by atomic mass is 9.76. The second kappa shape index (κ2) is 16.6. The van der Waals surface area contributed by atoms with Crippen molar-refractivity contribution < 1.29 is 0 Å². The summed E-state index contributed by atoms with van der Waals surface area (Å²) in [5.74, 6) is 0. The second-order valence-corrected chi connectivity index (χ2v) is 15.2. The first kappa shape index (κ1) is 36.6. The SMILES string of the molecule is C1=C(c2cccc(-c3ccccc3)c2)NC(c2ccccc2)N=C1c1cccc(C2=C(c3ccccc3)C(c3ccccc3)NC(c3ccccc3)=C2c2ccccc2)c1. The van der Waals surface area contributed by atoms with Gasteiger partial charge in [0, 0.05) is 16.8 Å². The maximum atomic E-state index is 5.43. The van der Waals surface area contributed by atoms with Gasteiger partial charge in [0.25, 0.3) is 0 Å². The lowest BCUT2D eigenvalue weighted by Crippen LogP contribution is -2.27. The highest BCUT2D eigenvalue weighted by Gasteiger charge is 2.33. The van der Waals surface area contributed by atoms with E-state index in [1.807, 2.05) is 0 Å². The minimum Gasteiger partial charge on any atom is -0.373 e. The van der Waals surface area contributed by atoms with Crippen molar-refractivity contribution in [1.29, 1.82) is 0 Å². The van der Waals surface area contributed by atoms with Crippen molar-refractivity contribution in [1.82, 2.24) is 10.6 Å². The van der Waals surface area contributed by atoms with Gasteiger partial charge >= 0.3 is 0 Å². The number of aliphatic imine (C=N–C) groups is 1. The molecule has 3 nitrogen and oxygen atoms in total. The van der Waals surface area contributed by atoms with Crippen LogP contribution in [0.15, 0.2) is 242 Å². The molecule has 0 amide bonds. The van der Waals surface area contributed by atoms with Gasteiger partial charge in [0.2, 0.25) is 0 Å². The molecule has 0 saturated heterocycles. The molecule has 2 aliphatic rings. The van der Waals surface area contributed by atoms with E-state index >= 15 is 0 Å². The summed E-state index contributed by atoms with van der Waals surface area (Å²) in [7, 11) is 0. The quantitative estimate of drug-likeness (QED) is 0.153. The van der Waals surface area contributed by atoms with E-state index in [1.165, 1.54) is 33.4 Å². The summed E-state index contributed by atoms with van der Waals surface area (Å²) < 4.78 is 0. The van der Waals surface area contributed by atoms with E-state index in [-0.39, 0.29) is 12.2 Å². The molecule has 0 bridgehead atoms. The Hall–Kier alpha value is -7.75. The molecule has 3 heteroatoms. The number of dihydropyridines is 1. The summed E-state index contributed by atoms with van der Waals surface area (Å²) in [6.07, 6.45) is 1.95. The summed E-state index contributed by atoms with van der Waals surface area (Å²) >= 11 is 0. The predicted octanol–water partition coefficient (Wildman–Crippen LogP) is 13.3. The molecule has 0 spiro atoms. The van der Waals surface area contributed by atoms with Gasteiger partial charge in [0.1, 0.15) is 6.17 Å². The summed E-state index contributed by atoms with van der Waals surface area (Å²) in [6, 6.07) is 82.0. The number of hydrogen-bond acceptors (Lipinski definition) is 3. The minimum atomic E-state index is -0.268. The van der Waals surface area contributed by atoms with Gasteiger partial charge in [-0.1, -0.05) is 218 Å². The fourth-order valence-electron chi connectivity index (χ4n) is 8.53. The highest BCUT2D eigenvalue weighted by molar-refractivity contribution is 6.24. The van der Waals surface area contributed by atoms with Gasteiger partial charge in [0.05, 0.1) is 17.5 Å². The molecule has 2 heterocycles. The largest absolute Gasteiger partial charge is 0.373 e. The Morgan fingerprint density at radius 2 is 0.800 bits per heavy atom. The number of nitrogens with one attached hydrogen (secondary N) is 2. The molecular formula is C57H43N3. The third-order valence-electron chi connectivity index (χ3n) is 11.4. The van der Waals surface area contributed by atoms with Crippen molar-refractivity contribution in [3.63, 3.8) is 0 Å². The highest BCUT2D eigenvalue weighted by atomic mass is 15.1. The maximum absolute atomic E-state index is 5.43. The Kier molecular flexibility index (Phi) is 10.1. The first-order chi connectivity index (χ1) is 29.8. The Morgan fingerprint density at radius 1 is 0.333 bits per heavy atom. The van der Waals surface area contributed by atoms with Crippen LogP contribution < -0.4 is 10.6 Å². The van der Waals surface area contributed by atoms with Crippen molar-refractivity contribution >= 4 is 33.8 Å². The normalized spacial score (nSPS) is 16.3. The highest BCUT2D eigenvalue weighted by Crippen LogP contribution is 2.50. The minimum absolute atomic E-state index is 0.128. The zero-order chi connectivity index (χ0) is 40.1. The van der Waals surface area contributed by atoms with Gasteiger partial charge in [-0.3, -0.25) is 4.99 Å². The van der Waals surface area contributed by atoms with Crippen molar-refractivity contribution in [3.05, 3.63) is 281 Å². The molecule has 0 saturated carbocycles. The summed E-state index contributed by atoms with van der Waals surface area (Å²) in [6.45, 7) is 0. The smallest absolute Gasteiger partial charge is 0.145 e. The first-order valence-electron chi connectivity index (χ1n) is 20.6. The molecule has 2 aliphatic heterocycles. The van der Waals surface area contributed by atoms with E-state index in [4.69, 9.17) is 4.99 Å². The summed E-state index contributed by atoms with van der Waals surface area (Å²) in [5, 5.41) is 7.90. The Morgan fingerprint density at radius 3 is 1.43 bits per heavy atom. The van der Waals surface area contributed by atoms with Crippen molar-refractivity contribution in [2.24, 2.45) is 4.99 Å². The van der Waals surface area contributed by atoms with E-state index < -0.39 is 0 Å². The molecular weight excluding hydrogens is 727 g/mol. The predicted molar refractivity (Wildman–Crippen MR) is 250 cm³/mol. The van der Waals surface area contributed by atoms with E-state index in [9.17, 15) is 0 Å². The van der Waals surface area contributed by atoms with Gasteiger partial charge in [-0.15, -0.1) is 0 Å². The monoisotopic (exact) mass is 769 g/mol. The zero-order valence-corrected chi connectivity index (χ0v) is 33.1. The fraction of sp³-hybridized carbons (Fsp3) is 0.0351. The lowest BCUT2D eigenvalue weighted by Gasteiger charge is -2.36. The van der Waals surface area contributed by atoms with Gasteiger partial charge in [-0.25, -0.2) is 0 Å². The van der Waals surface area contributed by atoms with Crippen LogP contribution in [-0.2, 0) is 0 Å². The molecule has 0 aromatic heterocycles. The van der Waals surface area contributed by atoms with E-state index in [2.05, 4.69) is 247 Å². The van der Waals surface area contributed by atoms with Crippen molar-refractivity contribution in [2.45, 2.75) is 12.2 Å². The Bertz CT molecular complexity index is 2880. The van der Waals surface area contributed by atoms with E-state index in [0.29, 0.717) is 0 Å². The van der Waals surface area contributed by atoms with Crippen molar-refractivity contribution in [2.75, 3.05) is 0 Å². The molecule has 60 heavy (non-hydrogen) atoms. The Labute approximate surface area is 352 Å². The standard InChI is InChI=1S/C57H43N3/c1-7-21-40(22-8-1)46-33-19-34-47(37-46)50-39-51(59-57(58-50)45-31-17-6-18-32-45)48-35-20-36-49(38-48)52-53(41-23-9-2-10-24-41)55(43-27-13-4-14-28-43)60-56(44-29-15-5-16-30-44)54(52)42-25-11-3-12-26-42/h1-39,55,57-58,60H. The van der Waals surface area contributed by atoms with Crippen LogP contribution in [-0.4, -0.2) is 5.71 Å². The number of rotatable bonds is 9. The summed E-state index contributed by atoms with van der Waals surface area (Å²) in [4.78, 5) is 5.43. The third kappa shape index (κ3) is 7.41. The molecule has 286 valence electrons. The molecule has 0 fully saturated rings. The van der Waals surface area contributed by atoms with Crippen LogP contribution in [0.25, 0.3) is 39.2 Å². The number of hydrogen-bond donors (Lipinski definition) is 2. The molecule has 8 aromatic carbocycles. The average Bonchev–Trinajstić information content (AvgIpc) is 3.35. The van der Waals surface area contributed by atoms with Gasteiger partial charge < -0.3 is 10.6 Å². The molecule has 0 radical (unpaired) electrons. The van der Waals surface area contributed by atoms with Gasteiger partial charge in [-0.2, -0.15) is 0 Å². The molecule has 0 aliphatic carbocycles. The molecule has 2 unspecified atom stereocenters. The lowest BCUT2D eigenvalue weighted by molar-refractivity contribution is 0.664. The maximum Gasteiger partial charge on any atom is 0.145 e. The van der Waals surface area contributed by atoms with Crippen LogP contribution >= 0.6 is 0 Å². The topological polar surface area (TPSA) is 36.4 Å². The molecule has 2 atom stereocenters. The Balaban J connectivity index is 1.20. The number of allylic oxidation sites excluding steroid dienone is 3. The third-order valence-corrected chi connectivity index (χ3v) is 11.4. The number of benzene rings is 8. The van der Waals surface area contributed by atoms with Crippen LogP contribution in [0.1, 0.15) is 56.7 Å². The zero-order valence-electron chi connectivity index (χ0n) is 33.1. The number of nitrogens with zero attached hydrogens (tertiary/aromatic N) is 1. The molecule has 2 N–H and O–H groups in total. The molecule has 8 aromatic rings. The first-order valence-corrected chi connectivity index (χ1v) is 20.6. The summed E-state index contributed by atoms with van der Waals surface area (Å²) in [5.41, 5.74) is 18.0. The average molecular weight is 770 g/mol. The van der Waals surface area contributed by atoms with Crippen LogP contribution in [0.5, 0.6) is 0 Å². The van der Waals surface area contributed by atoms with E-state index in [0.717, 1.165) is 56.1 Å². The van der Waals surface area contributed by atoms with Crippen LogP contribution in [0.2, 0.25) is 0 Å².